The third kappa shape index (κ3) is 12.4. The first-order valence-electron chi connectivity index (χ1n) is 16.0. The largest absolute Gasteiger partial charge is 0.492 e. The first-order valence-corrected chi connectivity index (χ1v) is 17.0. The minimum absolute atomic E-state index is 0. The second kappa shape index (κ2) is 19.4. The quantitative estimate of drug-likeness (QED) is 0.162. The fourth-order valence-electron chi connectivity index (χ4n) is 5.34. The molecule has 1 aliphatic heterocycles. The van der Waals surface area contributed by atoms with Crippen molar-refractivity contribution in [1.82, 2.24) is 4.90 Å². The molecule has 0 fully saturated rings. The molecule has 2 aromatic carbocycles. The number of carbonyl (C=O) groups is 1. The molecule has 3 rings (SSSR count). The highest BCUT2D eigenvalue weighted by molar-refractivity contribution is 8.93. The summed E-state index contributed by atoms with van der Waals surface area (Å²) in [6.45, 7) is 12.4. The topological polar surface area (TPSA) is 41.6 Å². The van der Waals surface area contributed by atoms with Crippen LogP contribution in [0.1, 0.15) is 133 Å². The second-order valence-corrected chi connectivity index (χ2v) is 13.4. The molecule has 6 heteroatoms. The molecule has 0 saturated heterocycles. The lowest BCUT2D eigenvalue weighted by molar-refractivity contribution is 0.102. The predicted octanol–water partition coefficient (Wildman–Crippen LogP) is 11.3. The van der Waals surface area contributed by atoms with Gasteiger partial charge < -0.3 is 15.0 Å². The Morgan fingerprint density at radius 1 is 0.905 bits per heavy atom. The van der Waals surface area contributed by atoms with Gasteiger partial charge in [-0.3, -0.25) is 4.79 Å². The summed E-state index contributed by atoms with van der Waals surface area (Å²) in [5.41, 5.74) is 4.85. The van der Waals surface area contributed by atoms with E-state index in [1.807, 2.05) is 36.0 Å². The van der Waals surface area contributed by atoms with Gasteiger partial charge in [-0.15, -0.1) is 28.7 Å². The average Bonchev–Trinajstić information content (AvgIpc) is 3.34. The molecule has 0 saturated carbocycles. The summed E-state index contributed by atoms with van der Waals surface area (Å²) in [5, 5.41) is 5.35. The zero-order chi connectivity index (χ0) is 29.5. The highest BCUT2D eigenvalue weighted by Gasteiger charge is 2.24. The molecule has 1 heterocycles. The normalized spacial score (nSPS) is 13.1. The summed E-state index contributed by atoms with van der Waals surface area (Å²) in [6.07, 6.45) is 15.8. The molecule has 42 heavy (non-hydrogen) atoms. The van der Waals surface area contributed by atoms with Crippen LogP contribution in [0.5, 0.6) is 5.75 Å². The molecular formula is C36H55BrN2O2S. The van der Waals surface area contributed by atoms with Crippen molar-refractivity contribution in [1.29, 1.82) is 0 Å². The molecule has 0 aromatic heterocycles. The lowest BCUT2D eigenvalue weighted by atomic mass is 9.85. The standard InChI is InChI=1S/C36H54N2O2S.BrH/c1-6-7-8-9-10-11-12-13-14-15-16-17-24-40-34-32(22-19-23-33(34)36(3,4)5)35(39)37-31-21-18-20-30(25-31)26-38-28-41-27-29(38)2;/h18-23,25,27H,6-17,24,26,28H2,1-5H3,(H,37,39);1H. The Bertz CT molecular complexity index is 1110. The van der Waals surface area contributed by atoms with Gasteiger partial charge in [0, 0.05) is 23.5 Å². The first kappa shape index (κ1) is 36.3. The van der Waals surface area contributed by atoms with Crippen molar-refractivity contribution in [3.63, 3.8) is 0 Å². The Labute approximate surface area is 271 Å². The molecule has 1 N–H and O–H groups in total. The highest BCUT2D eigenvalue weighted by Crippen LogP contribution is 2.35. The van der Waals surface area contributed by atoms with E-state index in [1.165, 1.54) is 81.9 Å². The summed E-state index contributed by atoms with van der Waals surface area (Å²) in [5.74, 6) is 1.58. The Kier molecular flexibility index (Phi) is 16.7. The Morgan fingerprint density at radius 2 is 1.52 bits per heavy atom. The lowest BCUT2D eigenvalue weighted by Gasteiger charge is -2.25. The summed E-state index contributed by atoms with van der Waals surface area (Å²) >= 11 is 1.82. The van der Waals surface area contributed by atoms with Crippen molar-refractivity contribution in [3.05, 3.63) is 70.3 Å². The number of halogens is 1. The summed E-state index contributed by atoms with van der Waals surface area (Å²) in [4.78, 5) is 15.9. The number of nitrogens with one attached hydrogen (secondary N) is 1. The molecule has 2 aromatic rings. The molecule has 0 unspecified atom stereocenters. The van der Waals surface area contributed by atoms with E-state index in [0.29, 0.717) is 12.2 Å². The van der Waals surface area contributed by atoms with Gasteiger partial charge in [-0.1, -0.05) is 123 Å². The number of benzene rings is 2. The minimum atomic E-state index is -0.124. The van der Waals surface area contributed by atoms with E-state index in [4.69, 9.17) is 4.74 Å². The van der Waals surface area contributed by atoms with Gasteiger partial charge in [-0.25, -0.2) is 0 Å². The molecular weight excluding hydrogens is 604 g/mol. The van der Waals surface area contributed by atoms with Crippen molar-refractivity contribution in [2.45, 2.75) is 124 Å². The number of ether oxygens (including phenoxy) is 1. The first-order chi connectivity index (χ1) is 19.8. The zero-order valence-corrected chi connectivity index (χ0v) is 29.3. The lowest BCUT2D eigenvalue weighted by Crippen LogP contribution is -2.20. The number of allylic oxidation sites excluding steroid dienone is 1. The maximum atomic E-state index is 13.5. The van der Waals surface area contributed by atoms with E-state index in [2.05, 4.69) is 68.4 Å². The minimum Gasteiger partial charge on any atom is -0.492 e. The summed E-state index contributed by atoms with van der Waals surface area (Å²) in [6, 6.07) is 14.1. The molecule has 0 radical (unpaired) electrons. The van der Waals surface area contributed by atoms with Crippen LogP contribution in [0.25, 0.3) is 0 Å². The number of rotatable bonds is 18. The van der Waals surface area contributed by atoms with Gasteiger partial charge in [-0.2, -0.15) is 0 Å². The van der Waals surface area contributed by atoms with Crippen molar-refractivity contribution in [2.75, 3.05) is 17.8 Å². The molecule has 1 amide bonds. The number of anilines is 1. The van der Waals surface area contributed by atoms with Crippen LogP contribution in [-0.4, -0.2) is 23.3 Å². The molecule has 0 bridgehead atoms. The van der Waals surface area contributed by atoms with Crippen molar-refractivity contribution in [2.24, 2.45) is 0 Å². The van der Waals surface area contributed by atoms with Crippen molar-refractivity contribution >= 4 is 40.3 Å². The van der Waals surface area contributed by atoms with Crippen LogP contribution in [0.4, 0.5) is 5.69 Å². The molecule has 0 aliphatic carbocycles. The molecule has 4 nitrogen and oxygen atoms in total. The smallest absolute Gasteiger partial charge is 0.259 e. The van der Waals surface area contributed by atoms with E-state index in [1.54, 1.807) is 0 Å². The van der Waals surface area contributed by atoms with E-state index < -0.39 is 0 Å². The maximum Gasteiger partial charge on any atom is 0.259 e. The fraction of sp³-hybridized carbons (Fsp3) is 0.583. The molecule has 234 valence electrons. The molecule has 0 atom stereocenters. The average molecular weight is 660 g/mol. The van der Waals surface area contributed by atoms with Crippen LogP contribution >= 0.6 is 28.7 Å². The van der Waals surface area contributed by atoms with Crippen molar-refractivity contribution in [3.8, 4) is 5.75 Å². The monoisotopic (exact) mass is 658 g/mol. The maximum absolute atomic E-state index is 13.5. The number of nitrogens with zero attached hydrogens (tertiary/aromatic N) is 1. The van der Waals surface area contributed by atoms with Crippen LogP contribution < -0.4 is 10.1 Å². The van der Waals surface area contributed by atoms with E-state index in [-0.39, 0.29) is 28.3 Å². The van der Waals surface area contributed by atoms with Crippen LogP contribution in [-0.2, 0) is 12.0 Å². The third-order valence-electron chi connectivity index (χ3n) is 7.85. The Morgan fingerprint density at radius 3 is 2.12 bits per heavy atom. The van der Waals surface area contributed by atoms with Gasteiger partial charge in [0.2, 0.25) is 0 Å². The van der Waals surface area contributed by atoms with Gasteiger partial charge in [0.05, 0.1) is 18.0 Å². The number of carbonyl (C=O) groups excluding carboxylic acids is 1. The summed E-state index contributed by atoms with van der Waals surface area (Å²) in [7, 11) is 0. The van der Waals surface area contributed by atoms with Gasteiger partial charge in [0.15, 0.2) is 0 Å². The van der Waals surface area contributed by atoms with E-state index in [9.17, 15) is 4.79 Å². The fourth-order valence-corrected chi connectivity index (χ4v) is 6.28. The number of hydrogen-bond donors (Lipinski definition) is 1. The van der Waals surface area contributed by atoms with Crippen LogP contribution in [0.3, 0.4) is 0 Å². The van der Waals surface area contributed by atoms with E-state index >= 15 is 0 Å². The van der Waals surface area contributed by atoms with Gasteiger partial charge in [0.25, 0.3) is 5.91 Å². The van der Waals surface area contributed by atoms with Gasteiger partial charge >= 0.3 is 0 Å². The van der Waals surface area contributed by atoms with Gasteiger partial charge in [-0.05, 0) is 47.9 Å². The third-order valence-corrected chi connectivity index (χ3v) is 8.82. The molecule has 0 spiro atoms. The van der Waals surface area contributed by atoms with Crippen molar-refractivity contribution < 1.29 is 9.53 Å². The van der Waals surface area contributed by atoms with E-state index in [0.717, 1.165) is 35.8 Å². The number of thioether (sulfide) groups is 1. The van der Waals surface area contributed by atoms with Gasteiger partial charge in [0.1, 0.15) is 5.75 Å². The highest BCUT2D eigenvalue weighted by atomic mass is 79.9. The molecule has 1 aliphatic rings. The number of para-hydroxylation sites is 1. The van der Waals surface area contributed by atoms with Crippen LogP contribution in [0.15, 0.2) is 53.6 Å². The second-order valence-electron chi connectivity index (χ2n) is 12.6. The number of hydrogen-bond acceptors (Lipinski definition) is 4. The SMILES string of the molecule is Br.CCCCCCCCCCCCCCOc1c(C(=O)Nc2cccc(CN3CSC=C3C)c2)cccc1C(C)(C)C. The Hall–Kier alpha value is -1.92. The Balaban J connectivity index is 0.00000616. The van der Waals surface area contributed by atoms with Crippen LogP contribution in [0, 0.1) is 0 Å². The van der Waals surface area contributed by atoms with Crippen LogP contribution in [0.2, 0.25) is 0 Å². The predicted molar refractivity (Wildman–Crippen MR) is 188 cm³/mol. The zero-order valence-electron chi connectivity index (χ0n) is 26.8. The number of amides is 1. The summed E-state index contributed by atoms with van der Waals surface area (Å²) < 4.78 is 6.39. The number of unbranched alkanes of at least 4 members (excludes halogenated alkanes) is 11.